The van der Waals surface area contributed by atoms with Gasteiger partial charge >= 0.3 is 5.97 Å². The van der Waals surface area contributed by atoms with E-state index < -0.39 is 11.8 Å². The van der Waals surface area contributed by atoms with Crippen molar-refractivity contribution in [1.29, 1.82) is 0 Å². The maximum atomic E-state index is 13.5. The van der Waals surface area contributed by atoms with Gasteiger partial charge < -0.3 is 15.5 Å². The highest BCUT2D eigenvalue weighted by Gasteiger charge is 2.19. The number of nitrogens with one attached hydrogen (secondary N) is 1. The fourth-order valence-electron chi connectivity index (χ4n) is 2.45. The average molecular weight is 331 g/mol. The van der Waals surface area contributed by atoms with Gasteiger partial charge in [0.25, 0.3) is 0 Å². The highest BCUT2D eigenvalue weighted by atomic mass is 19.1. The Morgan fingerprint density at radius 1 is 1.25 bits per heavy atom. The molecule has 5 nitrogen and oxygen atoms in total. The van der Waals surface area contributed by atoms with E-state index in [0.29, 0.717) is 18.5 Å². The molecule has 126 valence electrons. The number of halogens is 1. The third kappa shape index (κ3) is 4.85. The lowest BCUT2D eigenvalue weighted by molar-refractivity contribution is -0.133. The average Bonchev–Trinajstić information content (AvgIpc) is 2.53. The summed E-state index contributed by atoms with van der Waals surface area (Å²) >= 11 is 0. The summed E-state index contributed by atoms with van der Waals surface area (Å²) < 4.78 is 13.5. The molecule has 0 fully saturated rings. The van der Waals surface area contributed by atoms with E-state index in [1.54, 1.807) is 0 Å². The first-order valence-electron chi connectivity index (χ1n) is 7.70. The van der Waals surface area contributed by atoms with E-state index in [4.69, 9.17) is 10.2 Å². The number of amides is 1. The van der Waals surface area contributed by atoms with Gasteiger partial charge in [-0.3, -0.25) is 4.79 Å². The summed E-state index contributed by atoms with van der Waals surface area (Å²) in [7, 11) is 0. The van der Waals surface area contributed by atoms with Crippen LogP contribution < -0.4 is 5.32 Å². The summed E-state index contributed by atoms with van der Waals surface area (Å²) in [5.74, 6) is 3.22. The Labute approximate surface area is 139 Å². The van der Waals surface area contributed by atoms with E-state index in [2.05, 4.69) is 17.2 Å². The number of carboxylic acids is 1. The van der Waals surface area contributed by atoms with Crippen molar-refractivity contribution in [3.63, 3.8) is 0 Å². The summed E-state index contributed by atoms with van der Waals surface area (Å²) in [5.41, 5.74) is 0.902. The lowest BCUT2D eigenvalue weighted by Gasteiger charge is -2.18. The van der Waals surface area contributed by atoms with Gasteiger partial charge in [0, 0.05) is 24.6 Å². The zero-order valence-corrected chi connectivity index (χ0v) is 13.1. The summed E-state index contributed by atoms with van der Waals surface area (Å²) in [4.78, 5) is 23.0. The van der Waals surface area contributed by atoms with Gasteiger partial charge in [-0.2, -0.15) is 0 Å². The first kappa shape index (κ1) is 17.5. The highest BCUT2D eigenvalue weighted by Crippen LogP contribution is 2.23. The van der Waals surface area contributed by atoms with Crippen LogP contribution in [0, 0.1) is 17.7 Å². The molecule has 24 heavy (non-hydrogen) atoms. The van der Waals surface area contributed by atoms with Crippen molar-refractivity contribution in [2.24, 2.45) is 0 Å². The van der Waals surface area contributed by atoms with Crippen LogP contribution in [0.1, 0.15) is 44.1 Å². The number of aromatic hydroxyl groups is 1. The van der Waals surface area contributed by atoms with Crippen molar-refractivity contribution >= 4 is 11.9 Å². The number of carbonyl (C=O) groups excluding carboxylic acids is 1. The monoisotopic (exact) mass is 331 g/mol. The Balaban J connectivity index is 1.90. The molecule has 0 saturated carbocycles. The third-order valence-corrected chi connectivity index (χ3v) is 3.67. The topological polar surface area (TPSA) is 86.6 Å². The first-order chi connectivity index (χ1) is 11.5. The molecule has 1 aromatic carbocycles. The molecule has 1 aromatic rings. The standard InChI is InChI=1S/C18H18FNO4/c19-15-11-13(21)10-9-12(15)5-1-4-8-17(22)20-16-7-3-2-6-14(16)18(23)24/h9-11,21H,2-4,6-8H2,(H,20,22)(H,23,24). The number of hydrogen-bond donors (Lipinski definition) is 3. The van der Waals surface area contributed by atoms with Crippen molar-refractivity contribution in [3.8, 4) is 17.6 Å². The molecule has 0 saturated heterocycles. The Bertz CT molecular complexity index is 743. The van der Waals surface area contributed by atoms with Crippen LogP contribution in [0.5, 0.6) is 5.75 Å². The van der Waals surface area contributed by atoms with Crippen LogP contribution in [0.3, 0.4) is 0 Å². The smallest absolute Gasteiger partial charge is 0.333 e. The molecule has 0 aliphatic heterocycles. The number of phenolic OH excluding ortho intramolecular Hbond substituents is 1. The predicted molar refractivity (Wildman–Crippen MR) is 85.4 cm³/mol. The summed E-state index contributed by atoms with van der Waals surface area (Å²) in [5, 5.41) is 20.9. The fourth-order valence-corrected chi connectivity index (χ4v) is 2.45. The molecular formula is C18H18FNO4. The number of allylic oxidation sites excluding steroid dienone is 1. The number of rotatable bonds is 4. The van der Waals surface area contributed by atoms with Crippen LogP contribution in [0.25, 0.3) is 0 Å². The highest BCUT2D eigenvalue weighted by molar-refractivity contribution is 5.89. The SMILES string of the molecule is O=C(CCC#Cc1ccc(O)cc1F)NC1=C(C(=O)O)CCCC1. The summed E-state index contributed by atoms with van der Waals surface area (Å²) in [6, 6.07) is 3.67. The van der Waals surface area contributed by atoms with Crippen molar-refractivity contribution in [1.82, 2.24) is 5.32 Å². The van der Waals surface area contributed by atoms with Gasteiger partial charge in [-0.1, -0.05) is 11.8 Å². The molecule has 1 aliphatic rings. The second kappa shape index (κ2) is 8.16. The van der Waals surface area contributed by atoms with Crippen LogP contribution in [0.2, 0.25) is 0 Å². The number of carbonyl (C=O) groups is 2. The minimum Gasteiger partial charge on any atom is -0.508 e. The van der Waals surface area contributed by atoms with E-state index in [9.17, 15) is 14.0 Å². The predicted octanol–water partition coefficient (Wildman–Crippen LogP) is 2.69. The number of aliphatic carboxylic acids is 1. The van der Waals surface area contributed by atoms with Gasteiger partial charge in [0.1, 0.15) is 11.6 Å². The van der Waals surface area contributed by atoms with Crippen LogP contribution in [0.15, 0.2) is 29.5 Å². The molecule has 0 radical (unpaired) electrons. The number of hydrogen-bond acceptors (Lipinski definition) is 3. The normalized spacial score (nSPS) is 13.9. The second-order valence-corrected chi connectivity index (χ2v) is 5.48. The minimum absolute atomic E-state index is 0.100. The van der Waals surface area contributed by atoms with Gasteiger partial charge in [-0.25, -0.2) is 9.18 Å². The molecule has 6 heteroatoms. The van der Waals surface area contributed by atoms with Gasteiger partial charge in [0.15, 0.2) is 0 Å². The molecule has 0 spiro atoms. The quantitative estimate of drug-likeness (QED) is 0.740. The van der Waals surface area contributed by atoms with E-state index in [-0.39, 0.29) is 35.6 Å². The largest absolute Gasteiger partial charge is 0.508 e. The van der Waals surface area contributed by atoms with E-state index in [1.807, 2.05) is 0 Å². The van der Waals surface area contributed by atoms with Gasteiger partial charge in [0.05, 0.1) is 11.1 Å². The second-order valence-electron chi connectivity index (χ2n) is 5.48. The first-order valence-corrected chi connectivity index (χ1v) is 7.70. The molecule has 1 amide bonds. The molecule has 0 bridgehead atoms. The Kier molecular flexibility index (Phi) is 5.96. The fraction of sp³-hybridized carbons (Fsp3) is 0.333. The van der Waals surface area contributed by atoms with Crippen molar-refractivity contribution < 1.29 is 24.2 Å². The lowest BCUT2D eigenvalue weighted by atomic mass is 9.96. The van der Waals surface area contributed by atoms with E-state index >= 15 is 0 Å². The minimum atomic E-state index is -0.993. The van der Waals surface area contributed by atoms with E-state index in [0.717, 1.165) is 18.9 Å². The molecule has 0 atom stereocenters. The molecule has 1 aliphatic carbocycles. The maximum Gasteiger partial charge on any atom is 0.333 e. The lowest BCUT2D eigenvalue weighted by Crippen LogP contribution is -2.26. The van der Waals surface area contributed by atoms with Crippen molar-refractivity contribution in [2.45, 2.75) is 38.5 Å². The van der Waals surface area contributed by atoms with Gasteiger partial charge in [-0.15, -0.1) is 0 Å². The van der Waals surface area contributed by atoms with Crippen molar-refractivity contribution in [2.75, 3.05) is 0 Å². The van der Waals surface area contributed by atoms with Crippen LogP contribution >= 0.6 is 0 Å². The molecule has 0 heterocycles. The number of phenols is 1. The molecule has 3 N–H and O–H groups in total. The Morgan fingerprint density at radius 2 is 2.00 bits per heavy atom. The molecule has 0 aromatic heterocycles. The van der Waals surface area contributed by atoms with Gasteiger partial charge in [0.2, 0.25) is 5.91 Å². The van der Waals surface area contributed by atoms with Crippen LogP contribution in [0.4, 0.5) is 4.39 Å². The molecule has 2 rings (SSSR count). The summed E-state index contributed by atoms with van der Waals surface area (Å²) in [6.45, 7) is 0. The number of carboxylic acid groups (broad SMARTS) is 1. The summed E-state index contributed by atoms with van der Waals surface area (Å²) in [6.07, 6.45) is 3.00. The molecule has 0 unspecified atom stereocenters. The van der Waals surface area contributed by atoms with E-state index in [1.165, 1.54) is 12.1 Å². The molecular weight excluding hydrogens is 313 g/mol. The van der Waals surface area contributed by atoms with Crippen LogP contribution in [-0.2, 0) is 9.59 Å². The third-order valence-electron chi connectivity index (χ3n) is 3.67. The zero-order valence-electron chi connectivity index (χ0n) is 13.1. The zero-order chi connectivity index (χ0) is 17.5. The Morgan fingerprint density at radius 3 is 2.71 bits per heavy atom. The number of benzene rings is 1. The Hall–Kier alpha value is -2.81. The van der Waals surface area contributed by atoms with Gasteiger partial charge in [-0.05, 0) is 37.8 Å². The van der Waals surface area contributed by atoms with Crippen LogP contribution in [-0.4, -0.2) is 22.1 Å². The maximum absolute atomic E-state index is 13.5. The van der Waals surface area contributed by atoms with Crippen molar-refractivity contribution in [3.05, 3.63) is 40.8 Å².